The molecule has 0 saturated heterocycles. The van der Waals surface area contributed by atoms with Gasteiger partial charge in [-0.1, -0.05) is 12.1 Å². The third-order valence-corrected chi connectivity index (χ3v) is 3.21. The molecule has 0 bridgehead atoms. The first kappa shape index (κ1) is 12.6. The number of aromatic nitrogens is 2. The van der Waals surface area contributed by atoms with Gasteiger partial charge in [-0.3, -0.25) is 0 Å². The monoisotopic (exact) mass is 268 g/mol. The van der Waals surface area contributed by atoms with E-state index >= 15 is 0 Å². The van der Waals surface area contributed by atoms with Gasteiger partial charge in [0.1, 0.15) is 5.75 Å². The van der Waals surface area contributed by atoms with E-state index in [1.165, 1.54) is 11.3 Å². The fraction of sp³-hybridized carbons (Fsp3) is 0.364. The fourth-order valence-corrected chi connectivity index (χ4v) is 2.17. The molecule has 1 N–H and O–H groups in total. The third kappa shape index (κ3) is 2.67. The Balaban J connectivity index is 2.07. The molecular formula is C11H12N2O4S. The lowest BCUT2D eigenvalue weighted by molar-refractivity contribution is 0.0697. The Hall–Kier alpha value is -1.89. The maximum absolute atomic E-state index is 11.0. The molecule has 0 unspecified atom stereocenters. The van der Waals surface area contributed by atoms with E-state index in [1.54, 1.807) is 6.07 Å². The maximum atomic E-state index is 11.0. The van der Waals surface area contributed by atoms with E-state index in [-0.39, 0.29) is 11.5 Å². The van der Waals surface area contributed by atoms with E-state index < -0.39 is 5.97 Å². The Morgan fingerprint density at radius 1 is 1.61 bits per heavy atom. The van der Waals surface area contributed by atoms with Gasteiger partial charge in [0.15, 0.2) is 17.3 Å². The van der Waals surface area contributed by atoms with Crippen LogP contribution in [0.5, 0.6) is 5.75 Å². The van der Waals surface area contributed by atoms with Crippen LogP contribution < -0.4 is 4.74 Å². The Bertz CT molecular complexity index is 561. The Labute approximate surface area is 107 Å². The summed E-state index contributed by atoms with van der Waals surface area (Å²) in [6.07, 6.45) is 0.682. The molecule has 7 heteroatoms. The normalized spacial score (nSPS) is 10.6. The van der Waals surface area contributed by atoms with Gasteiger partial charge >= 0.3 is 5.97 Å². The van der Waals surface area contributed by atoms with Gasteiger partial charge < -0.3 is 14.4 Å². The molecule has 96 valence electrons. The molecule has 0 spiro atoms. The average Bonchev–Trinajstić information content (AvgIpc) is 2.92. The minimum atomic E-state index is -0.997. The van der Waals surface area contributed by atoms with Crippen LogP contribution in [0.4, 0.5) is 0 Å². The summed E-state index contributed by atoms with van der Waals surface area (Å²) in [5.41, 5.74) is 0. The van der Waals surface area contributed by atoms with Gasteiger partial charge in [-0.05, 0) is 13.0 Å². The number of hydrogen-bond acceptors (Lipinski definition) is 6. The molecule has 2 heterocycles. The molecule has 0 saturated carbocycles. The molecule has 2 aromatic rings. The Morgan fingerprint density at radius 2 is 2.39 bits per heavy atom. The number of carboxylic acids is 1. The summed E-state index contributed by atoms with van der Waals surface area (Å²) in [6, 6.07) is 1.69. The zero-order valence-corrected chi connectivity index (χ0v) is 10.8. The van der Waals surface area contributed by atoms with Crippen molar-refractivity contribution in [2.45, 2.75) is 26.9 Å². The van der Waals surface area contributed by atoms with Crippen molar-refractivity contribution in [3.63, 3.8) is 0 Å². The molecule has 0 fully saturated rings. The van der Waals surface area contributed by atoms with E-state index in [1.807, 2.05) is 13.8 Å². The summed E-state index contributed by atoms with van der Waals surface area (Å²) in [4.78, 5) is 16.1. The van der Waals surface area contributed by atoms with Crippen LogP contribution in [0.2, 0.25) is 0 Å². The molecular weight excluding hydrogens is 256 g/mol. The minimum Gasteiger partial charge on any atom is -0.482 e. The average molecular weight is 268 g/mol. The van der Waals surface area contributed by atoms with Gasteiger partial charge in [0.2, 0.25) is 0 Å². The molecule has 0 aliphatic carbocycles. The molecule has 2 aromatic heterocycles. The SMILES string of the molecule is CCc1noc(COc2cc(C)sc2C(=O)O)n1. The summed E-state index contributed by atoms with van der Waals surface area (Å²) in [6.45, 7) is 3.82. The molecule has 0 aliphatic rings. The standard InChI is InChI=1S/C11H12N2O4S/c1-3-8-12-9(17-13-8)5-16-7-4-6(2)18-10(7)11(14)15/h4H,3,5H2,1-2H3,(H,14,15). The number of aromatic carboxylic acids is 1. The highest BCUT2D eigenvalue weighted by molar-refractivity contribution is 7.14. The minimum absolute atomic E-state index is 0.0729. The van der Waals surface area contributed by atoms with Crippen LogP contribution in [-0.2, 0) is 13.0 Å². The van der Waals surface area contributed by atoms with Crippen molar-refractivity contribution >= 4 is 17.3 Å². The van der Waals surface area contributed by atoms with Crippen molar-refractivity contribution in [1.82, 2.24) is 10.1 Å². The van der Waals surface area contributed by atoms with Crippen molar-refractivity contribution < 1.29 is 19.2 Å². The van der Waals surface area contributed by atoms with Crippen LogP contribution in [0.25, 0.3) is 0 Å². The zero-order valence-electron chi connectivity index (χ0n) is 9.97. The lowest BCUT2D eigenvalue weighted by Crippen LogP contribution is -2.00. The van der Waals surface area contributed by atoms with Crippen molar-refractivity contribution in [2.75, 3.05) is 0 Å². The Morgan fingerprint density at radius 3 is 3.00 bits per heavy atom. The number of nitrogens with zero attached hydrogens (tertiary/aromatic N) is 2. The number of hydrogen-bond donors (Lipinski definition) is 1. The maximum Gasteiger partial charge on any atom is 0.349 e. The predicted molar refractivity (Wildman–Crippen MR) is 64.0 cm³/mol. The van der Waals surface area contributed by atoms with Gasteiger partial charge in [-0.2, -0.15) is 4.98 Å². The predicted octanol–water partition coefficient (Wildman–Crippen LogP) is 2.28. The number of rotatable bonds is 5. The molecule has 0 aliphatic heterocycles. The zero-order chi connectivity index (χ0) is 13.1. The van der Waals surface area contributed by atoms with Gasteiger partial charge in [0.25, 0.3) is 5.89 Å². The first-order chi connectivity index (χ1) is 8.60. The number of ether oxygens (including phenoxy) is 1. The van der Waals surface area contributed by atoms with Crippen LogP contribution >= 0.6 is 11.3 Å². The van der Waals surface area contributed by atoms with Crippen molar-refractivity contribution in [3.8, 4) is 5.75 Å². The van der Waals surface area contributed by atoms with Crippen LogP contribution in [-0.4, -0.2) is 21.2 Å². The van der Waals surface area contributed by atoms with Gasteiger partial charge in [-0.25, -0.2) is 4.79 Å². The molecule has 6 nitrogen and oxygen atoms in total. The van der Waals surface area contributed by atoms with Crippen LogP contribution in [0.1, 0.15) is 33.2 Å². The van der Waals surface area contributed by atoms with E-state index in [2.05, 4.69) is 10.1 Å². The van der Waals surface area contributed by atoms with Crippen LogP contribution in [0.3, 0.4) is 0 Å². The topological polar surface area (TPSA) is 85.5 Å². The summed E-state index contributed by atoms with van der Waals surface area (Å²) in [7, 11) is 0. The summed E-state index contributed by atoms with van der Waals surface area (Å²) in [5.74, 6) is 0.282. The quantitative estimate of drug-likeness (QED) is 0.895. The third-order valence-electron chi connectivity index (χ3n) is 2.19. The number of carboxylic acid groups (broad SMARTS) is 1. The smallest absolute Gasteiger partial charge is 0.349 e. The second kappa shape index (κ2) is 5.18. The molecule has 0 atom stereocenters. The highest BCUT2D eigenvalue weighted by atomic mass is 32.1. The lowest BCUT2D eigenvalue weighted by Gasteiger charge is -2.00. The van der Waals surface area contributed by atoms with Crippen molar-refractivity contribution in [1.29, 1.82) is 0 Å². The van der Waals surface area contributed by atoms with Gasteiger partial charge in [0, 0.05) is 11.3 Å². The molecule has 0 radical (unpaired) electrons. The molecule has 2 rings (SSSR count). The molecule has 0 aromatic carbocycles. The Kier molecular flexibility index (Phi) is 3.61. The number of carbonyl (C=O) groups is 1. The lowest BCUT2D eigenvalue weighted by atomic mass is 10.4. The summed E-state index contributed by atoms with van der Waals surface area (Å²) >= 11 is 1.18. The highest BCUT2D eigenvalue weighted by Crippen LogP contribution is 2.29. The fourth-order valence-electron chi connectivity index (χ4n) is 1.38. The van der Waals surface area contributed by atoms with Crippen LogP contribution in [0, 0.1) is 6.92 Å². The first-order valence-corrected chi connectivity index (χ1v) is 6.19. The van der Waals surface area contributed by atoms with Crippen molar-refractivity contribution in [3.05, 3.63) is 27.5 Å². The van der Waals surface area contributed by atoms with E-state index in [4.69, 9.17) is 14.4 Å². The summed E-state index contributed by atoms with van der Waals surface area (Å²) < 4.78 is 10.4. The van der Waals surface area contributed by atoms with Gasteiger partial charge in [-0.15, -0.1) is 11.3 Å². The van der Waals surface area contributed by atoms with Crippen LogP contribution in [0.15, 0.2) is 10.6 Å². The molecule has 18 heavy (non-hydrogen) atoms. The van der Waals surface area contributed by atoms with E-state index in [9.17, 15) is 4.79 Å². The second-order valence-corrected chi connectivity index (χ2v) is 4.86. The largest absolute Gasteiger partial charge is 0.482 e. The number of thiophene rings is 1. The summed E-state index contributed by atoms with van der Waals surface area (Å²) in [5, 5.41) is 12.7. The first-order valence-electron chi connectivity index (χ1n) is 5.38. The second-order valence-electron chi connectivity index (χ2n) is 3.60. The van der Waals surface area contributed by atoms with E-state index in [0.717, 1.165) is 4.88 Å². The number of aryl methyl sites for hydroxylation is 2. The van der Waals surface area contributed by atoms with Gasteiger partial charge in [0.05, 0.1) is 0 Å². The van der Waals surface area contributed by atoms with E-state index in [0.29, 0.717) is 23.9 Å². The van der Waals surface area contributed by atoms with Crippen molar-refractivity contribution in [2.24, 2.45) is 0 Å². The highest BCUT2D eigenvalue weighted by Gasteiger charge is 2.16. The molecule has 0 amide bonds.